The van der Waals surface area contributed by atoms with E-state index < -0.39 is 0 Å². The Labute approximate surface area is 146 Å². The minimum atomic E-state index is 0.659. The first-order valence-corrected chi connectivity index (χ1v) is 8.17. The van der Waals surface area contributed by atoms with Crippen LogP contribution in [0.5, 0.6) is 0 Å². The van der Waals surface area contributed by atoms with Crippen molar-refractivity contribution >= 4 is 33.3 Å². The standard InChI is InChI=1S/C22H18N2O/c1-24-20(15-7-3-2-4-8-15)14-19(23)16-11-12-18-17-9-5-6-10-21(17)25-22(18)13-16/h2-14H,23H2,1H3/b19-14-,24-20?. The Kier molecular flexibility index (Phi) is 3.82. The van der Waals surface area contributed by atoms with E-state index in [1.807, 2.05) is 66.7 Å². The molecule has 0 aliphatic rings. The number of furan rings is 1. The molecule has 0 amide bonds. The van der Waals surface area contributed by atoms with Crippen LogP contribution in [0.4, 0.5) is 0 Å². The number of allylic oxidation sites excluding steroid dienone is 1. The van der Waals surface area contributed by atoms with Gasteiger partial charge in [-0.15, -0.1) is 0 Å². The van der Waals surface area contributed by atoms with Crippen LogP contribution in [-0.2, 0) is 0 Å². The summed E-state index contributed by atoms with van der Waals surface area (Å²) in [7, 11) is 1.77. The molecule has 25 heavy (non-hydrogen) atoms. The molecule has 3 heteroatoms. The third kappa shape index (κ3) is 2.81. The van der Waals surface area contributed by atoms with E-state index in [0.29, 0.717) is 5.70 Å². The van der Waals surface area contributed by atoms with Gasteiger partial charge in [0.1, 0.15) is 11.2 Å². The maximum atomic E-state index is 6.33. The summed E-state index contributed by atoms with van der Waals surface area (Å²) in [5.41, 5.74) is 11.5. The van der Waals surface area contributed by atoms with Crippen LogP contribution in [0.1, 0.15) is 11.1 Å². The van der Waals surface area contributed by atoms with E-state index in [-0.39, 0.29) is 0 Å². The van der Waals surface area contributed by atoms with Gasteiger partial charge in [-0.2, -0.15) is 0 Å². The van der Waals surface area contributed by atoms with Crippen LogP contribution in [0.15, 0.2) is 88.3 Å². The van der Waals surface area contributed by atoms with Gasteiger partial charge in [0.05, 0.1) is 5.71 Å². The van der Waals surface area contributed by atoms with Gasteiger partial charge in [0.15, 0.2) is 0 Å². The molecule has 1 aromatic heterocycles. The molecule has 0 fully saturated rings. The molecule has 0 unspecified atom stereocenters. The number of benzene rings is 3. The zero-order valence-corrected chi connectivity index (χ0v) is 13.9. The van der Waals surface area contributed by atoms with Crippen molar-refractivity contribution in [3.05, 3.63) is 90.0 Å². The Morgan fingerprint density at radius 1 is 0.840 bits per heavy atom. The highest BCUT2D eigenvalue weighted by atomic mass is 16.3. The molecule has 3 nitrogen and oxygen atoms in total. The molecular weight excluding hydrogens is 308 g/mol. The first kappa shape index (κ1) is 15.2. The SMILES string of the molecule is CN=C(/C=C(\N)c1ccc2c(c1)oc1ccccc12)c1ccccc1. The van der Waals surface area contributed by atoms with Crippen molar-refractivity contribution in [2.75, 3.05) is 7.05 Å². The molecule has 3 aromatic carbocycles. The number of nitrogens with zero attached hydrogens (tertiary/aromatic N) is 1. The van der Waals surface area contributed by atoms with Gasteiger partial charge in [0.2, 0.25) is 0 Å². The lowest BCUT2D eigenvalue weighted by Gasteiger charge is -2.05. The van der Waals surface area contributed by atoms with Gasteiger partial charge < -0.3 is 10.2 Å². The Hall–Kier alpha value is -3.33. The summed E-state index contributed by atoms with van der Waals surface area (Å²) in [6.45, 7) is 0. The fourth-order valence-corrected chi connectivity index (χ4v) is 3.02. The zero-order chi connectivity index (χ0) is 17.2. The maximum absolute atomic E-state index is 6.33. The van der Waals surface area contributed by atoms with Gasteiger partial charge in [0, 0.05) is 29.1 Å². The molecule has 2 N–H and O–H groups in total. The fourth-order valence-electron chi connectivity index (χ4n) is 3.02. The van der Waals surface area contributed by atoms with E-state index >= 15 is 0 Å². The lowest BCUT2D eigenvalue weighted by molar-refractivity contribution is 0.669. The van der Waals surface area contributed by atoms with Crippen LogP contribution < -0.4 is 5.73 Å². The van der Waals surface area contributed by atoms with Crippen molar-refractivity contribution in [1.82, 2.24) is 0 Å². The van der Waals surface area contributed by atoms with Crippen molar-refractivity contribution in [1.29, 1.82) is 0 Å². The zero-order valence-electron chi connectivity index (χ0n) is 13.9. The Balaban J connectivity index is 1.76. The second kappa shape index (κ2) is 6.29. The van der Waals surface area contributed by atoms with E-state index in [4.69, 9.17) is 10.2 Å². The van der Waals surface area contributed by atoms with Gasteiger partial charge in [-0.05, 0) is 29.8 Å². The normalized spacial score (nSPS) is 12.8. The Morgan fingerprint density at radius 2 is 1.56 bits per heavy atom. The summed E-state index contributed by atoms with van der Waals surface area (Å²) in [6, 6.07) is 24.1. The topological polar surface area (TPSA) is 51.5 Å². The van der Waals surface area contributed by atoms with Crippen molar-refractivity contribution < 1.29 is 4.42 Å². The van der Waals surface area contributed by atoms with Crippen LogP contribution in [0.2, 0.25) is 0 Å². The highest BCUT2D eigenvalue weighted by molar-refractivity contribution is 6.12. The molecule has 0 atom stereocenters. The van der Waals surface area contributed by atoms with Crippen molar-refractivity contribution in [2.24, 2.45) is 10.7 Å². The number of aliphatic imine (C=N–C) groups is 1. The highest BCUT2D eigenvalue weighted by Gasteiger charge is 2.08. The molecule has 4 aromatic rings. The molecule has 0 aliphatic heterocycles. The van der Waals surface area contributed by atoms with Crippen molar-refractivity contribution in [3.63, 3.8) is 0 Å². The van der Waals surface area contributed by atoms with Gasteiger partial charge in [-0.3, -0.25) is 4.99 Å². The molecule has 0 aliphatic carbocycles. The average Bonchev–Trinajstić information content (AvgIpc) is 3.04. The minimum absolute atomic E-state index is 0.659. The summed E-state index contributed by atoms with van der Waals surface area (Å²) >= 11 is 0. The smallest absolute Gasteiger partial charge is 0.136 e. The van der Waals surface area contributed by atoms with Crippen LogP contribution in [0.25, 0.3) is 27.6 Å². The largest absolute Gasteiger partial charge is 0.456 e. The maximum Gasteiger partial charge on any atom is 0.136 e. The lowest BCUT2D eigenvalue weighted by atomic mass is 10.0. The Morgan fingerprint density at radius 3 is 2.36 bits per heavy atom. The van der Waals surface area contributed by atoms with Crippen molar-refractivity contribution in [3.8, 4) is 0 Å². The molecular formula is C22H18N2O. The number of hydrogen-bond acceptors (Lipinski definition) is 3. The number of nitrogens with two attached hydrogens (primary N) is 1. The third-order valence-electron chi connectivity index (χ3n) is 4.31. The molecule has 0 spiro atoms. The lowest BCUT2D eigenvalue weighted by Crippen LogP contribution is -2.03. The van der Waals surface area contributed by atoms with Crippen LogP contribution in [0.3, 0.4) is 0 Å². The molecule has 122 valence electrons. The summed E-state index contributed by atoms with van der Waals surface area (Å²) < 4.78 is 5.95. The molecule has 4 rings (SSSR count). The number of para-hydroxylation sites is 1. The highest BCUT2D eigenvalue weighted by Crippen LogP contribution is 2.30. The van der Waals surface area contributed by atoms with Crippen molar-refractivity contribution in [2.45, 2.75) is 0 Å². The van der Waals surface area contributed by atoms with E-state index in [2.05, 4.69) is 17.1 Å². The first-order chi connectivity index (χ1) is 12.3. The van der Waals surface area contributed by atoms with E-state index in [1.165, 1.54) is 0 Å². The predicted octanol–water partition coefficient (Wildman–Crippen LogP) is 5.00. The average molecular weight is 326 g/mol. The monoisotopic (exact) mass is 326 g/mol. The second-order valence-corrected chi connectivity index (χ2v) is 5.88. The minimum Gasteiger partial charge on any atom is -0.456 e. The van der Waals surface area contributed by atoms with Gasteiger partial charge in [0.25, 0.3) is 0 Å². The van der Waals surface area contributed by atoms with E-state index in [0.717, 1.165) is 38.8 Å². The number of fused-ring (bicyclic) bond motifs is 3. The van der Waals surface area contributed by atoms with E-state index in [9.17, 15) is 0 Å². The first-order valence-electron chi connectivity index (χ1n) is 8.17. The fraction of sp³-hybridized carbons (Fsp3) is 0.0455. The third-order valence-corrected chi connectivity index (χ3v) is 4.31. The molecule has 0 bridgehead atoms. The van der Waals surface area contributed by atoms with Gasteiger partial charge in [-0.1, -0.05) is 54.6 Å². The number of hydrogen-bond donors (Lipinski definition) is 1. The van der Waals surface area contributed by atoms with Gasteiger partial charge in [-0.25, -0.2) is 0 Å². The Bertz CT molecular complexity index is 1100. The number of rotatable bonds is 3. The van der Waals surface area contributed by atoms with E-state index in [1.54, 1.807) is 7.05 Å². The predicted molar refractivity (Wildman–Crippen MR) is 105 cm³/mol. The summed E-state index contributed by atoms with van der Waals surface area (Å²) in [5, 5.41) is 2.21. The van der Waals surface area contributed by atoms with Crippen LogP contribution in [-0.4, -0.2) is 12.8 Å². The summed E-state index contributed by atoms with van der Waals surface area (Å²) in [4.78, 5) is 4.36. The molecule has 1 heterocycles. The van der Waals surface area contributed by atoms with Crippen LogP contribution >= 0.6 is 0 Å². The summed E-state index contributed by atoms with van der Waals surface area (Å²) in [6.07, 6.45) is 1.90. The molecule has 0 saturated heterocycles. The molecule has 0 radical (unpaired) electrons. The second-order valence-electron chi connectivity index (χ2n) is 5.88. The van der Waals surface area contributed by atoms with Gasteiger partial charge >= 0.3 is 0 Å². The van der Waals surface area contributed by atoms with Crippen LogP contribution in [0, 0.1) is 0 Å². The quantitative estimate of drug-likeness (QED) is 0.538. The molecule has 0 saturated carbocycles. The summed E-state index contributed by atoms with van der Waals surface area (Å²) in [5.74, 6) is 0.